The molecule has 2 rings (SSSR count). The van der Waals surface area contributed by atoms with E-state index in [0.29, 0.717) is 6.04 Å². The van der Waals surface area contributed by atoms with E-state index in [-0.39, 0.29) is 0 Å². The van der Waals surface area contributed by atoms with E-state index in [1.54, 1.807) is 0 Å². The van der Waals surface area contributed by atoms with Gasteiger partial charge in [0.2, 0.25) is 0 Å². The van der Waals surface area contributed by atoms with Crippen LogP contribution >= 0.6 is 27.3 Å². The molecule has 1 fully saturated rings. The van der Waals surface area contributed by atoms with E-state index in [0.717, 1.165) is 5.92 Å². The lowest BCUT2D eigenvalue weighted by atomic mass is 9.93. The van der Waals surface area contributed by atoms with Crippen LogP contribution in [0.2, 0.25) is 0 Å². The summed E-state index contributed by atoms with van der Waals surface area (Å²) >= 11 is 5.28. The smallest absolute Gasteiger partial charge is 0.0453 e. The molecule has 1 nitrogen and oxygen atoms in total. The van der Waals surface area contributed by atoms with Crippen LogP contribution in [-0.2, 0) is 0 Å². The summed E-state index contributed by atoms with van der Waals surface area (Å²) in [4.78, 5) is 1.45. The molecule has 0 saturated carbocycles. The Bertz CT molecular complexity index is 258. The van der Waals surface area contributed by atoms with Gasteiger partial charge in [-0.1, -0.05) is 6.92 Å². The number of hydrogen-bond donors (Lipinski definition) is 1. The molecule has 0 aromatic carbocycles. The molecule has 1 aromatic rings. The monoisotopic (exact) mass is 231 g/mol. The van der Waals surface area contributed by atoms with Crippen molar-refractivity contribution >= 4 is 27.3 Å². The van der Waals surface area contributed by atoms with Crippen LogP contribution in [0.5, 0.6) is 0 Å². The Hall–Kier alpha value is 0.140. The standard InChI is InChI=1S/C8H10BrNS/c1-5-3-10-8(5)7-2-6(9)4-11-7/h2,4-5,8,10H,3H2,1H3. The maximum absolute atomic E-state index is 3.46. The van der Waals surface area contributed by atoms with Crippen LogP contribution in [-0.4, -0.2) is 6.54 Å². The maximum Gasteiger partial charge on any atom is 0.0453 e. The van der Waals surface area contributed by atoms with Crippen LogP contribution in [0.25, 0.3) is 0 Å². The molecule has 0 bridgehead atoms. The number of halogens is 1. The zero-order chi connectivity index (χ0) is 7.84. The van der Waals surface area contributed by atoms with E-state index in [1.807, 2.05) is 11.3 Å². The highest BCUT2D eigenvalue weighted by Gasteiger charge is 2.28. The minimum absolute atomic E-state index is 0.617. The average molecular weight is 232 g/mol. The van der Waals surface area contributed by atoms with Gasteiger partial charge in [0.15, 0.2) is 0 Å². The van der Waals surface area contributed by atoms with E-state index in [4.69, 9.17) is 0 Å². The first-order chi connectivity index (χ1) is 5.27. The number of thiophene rings is 1. The number of rotatable bonds is 1. The third kappa shape index (κ3) is 1.37. The van der Waals surface area contributed by atoms with Crippen molar-refractivity contribution in [1.29, 1.82) is 0 Å². The number of hydrogen-bond acceptors (Lipinski definition) is 2. The summed E-state index contributed by atoms with van der Waals surface area (Å²) < 4.78 is 1.21. The van der Waals surface area contributed by atoms with Gasteiger partial charge in [0.25, 0.3) is 0 Å². The summed E-state index contributed by atoms with van der Waals surface area (Å²) in [5.41, 5.74) is 0. The predicted molar refractivity (Wildman–Crippen MR) is 51.9 cm³/mol. The molecular weight excluding hydrogens is 222 g/mol. The first-order valence-electron chi connectivity index (χ1n) is 3.74. The van der Waals surface area contributed by atoms with Crippen LogP contribution in [0.3, 0.4) is 0 Å². The highest BCUT2D eigenvalue weighted by atomic mass is 79.9. The second-order valence-electron chi connectivity index (χ2n) is 3.03. The molecule has 1 aliphatic heterocycles. The molecule has 1 N–H and O–H groups in total. The molecule has 60 valence electrons. The zero-order valence-electron chi connectivity index (χ0n) is 6.30. The fraction of sp³-hybridized carbons (Fsp3) is 0.500. The van der Waals surface area contributed by atoms with Gasteiger partial charge >= 0.3 is 0 Å². The van der Waals surface area contributed by atoms with Gasteiger partial charge in [-0.25, -0.2) is 0 Å². The Morgan fingerprint density at radius 1 is 1.73 bits per heavy atom. The SMILES string of the molecule is CC1CNC1c1cc(Br)cs1. The Morgan fingerprint density at radius 3 is 2.91 bits per heavy atom. The highest BCUT2D eigenvalue weighted by Crippen LogP contribution is 2.34. The van der Waals surface area contributed by atoms with Gasteiger partial charge in [-0.05, 0) is 27.9 Å². The fourth-order valence-corrected chi connectivity index (χ4v) is 3.00. The first-order valence-corrected chi connectivity index (χ1v) is 5.42. The van der Waals surface area contributed by atoms with Gasteiger partial charge in [-0.2, -0.15) is 0 Å². The summed E-state index contributed by atoms with van der Waals surface area (Å²) in [7, 11) is 0. The van der Waals surface area contributed by atoms with E-state index in [2.05, 4.69) is 39.6 Å². The van der Waals surface area contributed by atoms with Crippen molar-refractivity contribution in [3.8, 4) is 0 Å². The maximum atomic E-state index is 3.46. The molecule has 0 radical (unpaired) electrons. The third-order valence-electron chi connectivity index (χ3n) is 2.12. The van der Waals surface area contributed by atoms with Crippen molar-refractivity contribution in [3.05, 3.63) is 20.8 Å². The van der Waals surface area contributed by atoms with Gasteiger partial charge in [-0.3, -0.25) is 0 Å². The normalized spacial score (nSPS) is 30.0. The van der Waals surface area contributed by atoms with Gasteiger partial charge in [0, 0.05) is 27.3 Å². The molecule has 3 heteroatoms. The lowest BCUT2D eigenvalue weighted by molar-refractivity contribution is 0.262. The Labute approximate surface area is 78.9 Å². The second-order valence-corrected chi connectivity index (χ2v) is 4.89. The summed E-state index contributed by atoms with van der Waals surface area (Å²) in [6.45, 7) is 3.45. The molecule has 11 heavy (non-hydrogen) atoms. The van der Waals surface area contributed by atoms with Gasteiger partial charge in [0.1, 0.15) is 0 Å². The van der Waals surface area contributed by atoms with Crippen LogP contribution in [0, 0.1) is 5.92 Å². The van der Waals surface area contributed by atoms with Crippen molar-refractivity contribution in [1.82, 2.24) is 5.32 Å². The van der Waals surface area contributed by atoms with Crippen molar-refractivity contribution in [3.63, 3.8) is 0 Å². The lowest BCUT2D eigenvalue weighted by Crippen LogP contribution is -2.43. The Kier molecular flexibility index (Phi) is 2.04. The molecule has 0 aliphatic carbocycles. The average Bonchev–Trinajstić information content (AvgIpc) is 2.33. The van der Waals surface area contributed by atoms with Crippen molar-refractivity contribution in [2.24, 2.45) is 5.92 Å². The minimum atomic E-state index is 0.617. The molecule has 1 aromatic heterocycles. The summed E-state index contributed by atoms with van der Waals surface area (Å²) in [6.07, 6.45) is 0. The molecular formula is C8H10BrNS. The van der Waals surface area contributed by atoms with Crippen molar-refractivity contribution < 1.29 is 0 Å². The quantitative estimate of drug-likeness (QED) is 0.785. The van der Waals surface area contributed by atoms with Gasteiger partial charge in [0.05, 0.1) is 0 Å². The van der Waals surface area contributed by atoms with Gasteiger partial charge < -0.3 is 5.32 Å². The summed E-state index contributed by atoms with van der Waals surface area (Å²) in [5.74, 6) is 0.806. The molecule has 0 spiro atoms. The van der Waals surface area contributed by atoms with E-state index >= 15 is 0 Å². The van der Waals surface area contributed by atoms with E-state index < -0.39 is 0 Å². The first kappa shape index (κ1) is 7.77. The topological polar surface area (TPSA) is 12.0 Å². The molecule has 2 heterocycles. The largest absolute Gasteiger partial charge is 0.309 e. The van der Waals surface area contributed by atoms with Crippen molar-refractivity contribution in [2.75, 3.05) is 6.54 Å². The van der Waals surface area contributed by atoms with Crippen LogP contribution in [0.1, 0.15) is 17.8 Å². The van der Waals surface area contributed by atoms with Gasteiger partial charge in [-0.15, -0.1) is 11.3 Å². The fourth-order valence-electron chi connectivity index (χ4n) is 1.34. The molecule has 1 saturated heterocycles. The summed E-state index contributed by atoms with van der Waals surface area (Å²) in [5, 5.41) is 5.56. The van der Waals surface area contributed by atoms with E-state index in [1.165, 1.54) is 15.9 Å². The third-order valence-corrected chi connectivity index (χ3v) is 3.90. The Balaban J connectivity index is 2.16. The second kappa shape index (κ2) is 2.88. The highest BCUT2D eigenvalue weighted by molar-refractivity contribution is 9.10. The minimum Gasteiger partial charge on any atom is -0.309 e. The van der Waals surface area contributed by atoms with Crippen molar-refractivity contribution in [2.45, 2.75) is 13.0 Å². The predicted octanol–water partition coefficient (Wildman–Crippen LogP) is 2.79. The van der Waals surface area contributed by atoms with Crippen LogP contribution in [0.15, 0.2) is 15.9 Å². The molecule has 2 atom stereocenters. The van der Waals surface area contributed by atoms with Crippen LogP contribution < -0.4 is 5.32 Å². The Morgan fingerprint density at radius 2 is 2.55 bits per heavy atom. The summed E-state index contributed by atoms with van der Waals surface area (Å²) in [6, 6.07) is 2.82. The number of nitrogens with one attached hydrogen (secondary N) is 1. The zero-order valence-corrected chi connectivity index (χ0v) is 8.71. The van der Waals surface area contributed by atoms with E-state index in [9.17, 15) is 0 Å². The molecule has 0 amide bonds. The molecule has 1 aliphatic rings. The van der Waals surface area contributed by atoms with Crippen LogP contribution in [0.4, 0.5) is 0 Å². The lowest BCUT2D eigenvalue weighted by Gasteiger charge is -2.34. The molecule has 2 unspecified atom stereocenters.